The molecule has 1 aromatic rings. The molecule has 0 spiro atoms. The average molecular weight is 232 g/mol. The van der Waals surface area contributed by atoms with E-state index < -0.39 is 32.2 Å². The van der Waals surface area contributed by atoms with E-state index in [2.05, 4.69) is 0 Å². The van der Waals surface area contributed by atoms with Crippen molar-refractivity contribution < 1.29 is 22.9 Å². The third-order valence-corrected chi connectivity index (χ3v) is 2.57. The molecule has 0 amide bonds. The molecule has 0 aliphatic heterocycles. The van der Waals surface area contributed by atoms with Crippen molar-refractivity contribution in [3.05, 3.63) is 17.7 Å². The summed E-state index contributed by atoms with van der Waals surface area (Å²) >= 11 is 0. The summed E-state index contributed by atoms with van der Waals surface area (Å²) in [4.78, 5) is 9.93. The molecule has 0 fully saturated rings. The van der Waals surface area contributed by atoms with E-state index in [1.807, 2.05) is 0 Å². The number of nitrogens with two attached hydrogens (primary N) is 2. The summed E-state index contributed by atoms with van der Waals surface area (Å²) < 4.78 is 30.4. The largest absolute Gasteiger partial charge is 0.478 e. The molecule has 0 bridgehead atoms. The van der Waals surface area contributed by atoms with Gasteiger partial charge in [-0.1, -0.05) is 0 Å². The van der Waals surface area contributed by atoms with Gasteiger partial charge < -0.3 is 16.6 Å². The lowest BCUT2D eigenvalue weighted by atomic mass is 10.1. The van der Waals surface area contributed by atoms with Gasteiger partial charge in [0.1, 0.15) is 4.90 Å². The highest BCUT2D eigenvalue weighted by atomic mass is 32.2. The summed E-state index contributed by atoms with van der Waals surface area (Å²) in [6.45, 7) is 0. The predicted octanol–water partition coefficient (Wildman–Crippen LogP) is -0.204. The van der Waals surface area contributed by atoms with E-state index in [1.165, 1.54) is 0 Å². The van der Waals surface area contributed by atoms with E-state index in [0.717, 1.165) is 12.1 Å². The van der Waals surface area contributed by atoms with E-state index in [-0.39, 0.29) is 5.69 Å². The Morgan fingerprint density at radius 2 is 1.80 bits per heavy atom. The van der Waals surface area contributed by atoms with E-state index in [1.54, 1.807) is 0 Å². The molecule has 15 heavy (non-hydrogen) atoms. The van der Waals surface area contributed by atoms with E-state index in [4.69, 9.17) is 21.1 Å². The van der Waals surface area contributed by atoms with Crippen LogP contribution >= 0.6 is 0 Å². The van der Waals surface area contributed by atoms with E-state index in [9.17, 15) is 13.2 Å². The van der Waals surface area contributed by atoms with Crippen LogP contribution in [-0.2, 0) is 10.1 Å². The molecule has 0 aliphatic carbocycles. The molecule has 0 aliphatic rings. The number of hydrogen-bond donors (Lipinski definition) is 4. The first kappa shape index (κ1) is 11.3. The lowest BCUT2D eigenvalue weighted by Crippen LogP contribution is -2.10. The fourth-order valence-electron chi connectivity index (χ4n) is 1.04. The first-order valence-electron chi connectivity index (χ1n) is 3.63. The zero-order valence-electron chi connectivity index (χ0n) is 7.34. The lowest BCUT2D eigenvalue weighted by Gasteiger charge is -2.07. The van der Waals surface area contributed by atoms with Crippen molar-refractivity contribution >= 4 is 27.5 Å². The van der Waals surface area contributed by atoms with Gasteiger partial charge in [0.15, 0.2) is 0 Å². The second-order valence-electron chi connectivity index (χ2n) is 2.76. The molecule has 0 saturated heterocycles. The summed E-state index contributed by atoms with van der Waals surface area (Å²) in [6.07, 6.45) is 0. The fourth-order valence-corrected chi connectivity index (χ4v) is 1.71. The second kappa shape index (κ2) is 3.41. The van der Waals surface area contributed by atoms with Crippen LogP contribution in [0.2, 0.25) is 0 Å². The van der Waals surface area contributed by atoms with Crippen LogP contribution in [0, 0.1) is 0 Å². The van der Waals surface area contributed by atoms with Crippen molar-refractivity contribution in [2.24, 2.45) is 0 Å². The highest BCUT2D eigenvalue weighted by Crippen LogP contribution is 2.25. The first-order chi connectivity index (χ1) is 6.73. The Kier molecular flexibility index (Phi) is 2.56. The molecular formula is C7H8N2O5S. The molecule has 0 unspecified atom stereocenters. The zero-order chi connectivity index (χ0) is 11.8. The molecule has 8 heteroatoms. The Labute approximate surface area is 85.1 Å². The Bertz CT molecular complexity index is 522. The van der Waals surface area contributed by atoms with Crippen LogP contribution in [0.1, 0.15) is 10.4 Å². The molecule has 1 rings (SSSR count). The topological polar surface area (TPSA) is 144 Å². The maximum atomic E-state index is 10.8. The van der Waals surface area contributed by atoms with Crippen LogP contribution in [0.3, 0.4) is 0 Å². The molecule has 6 N–H and O–H groups in total. The van der Waals surface area contributed by atoms with Gasteiger partial charge in [-0.2, -0.15) is 8.42 Å². The number of carboxylic acid groups (broad SMARTS) is 1. The second-order valence-corrected chi connectivity index (χ2v) is 4.15. The first-order valence-corrected chi connectivity index (χ1v) is 5.07. The normalized spacial score (nSPS) is 11.3. The number of anilines is 2. The van der Waals surface area contributed by atoms with E-state index >= 15 is 0 Å². The van der Waals surface area contributed by atoms with Gasteiger partial charge in [-0.15, -0.1) is 0 Å². The van der Waals surface area contributed by atoms with Crippen LogP contribution < -0.4 is 11.5 Å². The minimum absolute atomic E-state index is 0.116. The number of hydrogen-bond acceptors (Lipinski definition) is 5. The summed E-state index contributed by atoms with van der Waals surface area (Å²) in [5, 5.41) is 8.67. The monoisotopic (exact) mass is 232 g/mol. The Balaban J connectivity index is 3.63. The number of nitrogen functional groups attached to an aromatic ring is 2. The molecule has 0 saturated carbocycles. The van der Waals surface area contributed by atoms with Gasteiger partial charge in [0, 0.05) is 5.69 Å². The maximum absolute atomic E-state index is 10.8. The SMILES string of the molecule is Nc1cc(C(=O)O)c(N)c(S(=O)(=O)O)c1. The number of carboxylic acids is 1. The third-order valence-electron chi connectivity index (χ3n) is 1.67. The molecule has 7 nitrogen and oxygen atoms in total. The Morgan fingerprint density at radius 3 is 2.20 bits per heavy atom. The summed E-state index contributed by atoms with van der Waals surface area (Å²) in [6, 6.07) is 1.89. The molecule has 82 valence electrons. The predicted molar refractivity (Wildman–Crippen MR) is 52.0 cm³/mol. The van der Waals surface area contributed by atoms with Crippen LogP contribution in [0.25, 0.3) is 0 Å². The van der Waals surface area contributed by atoms with Crippen molar-refractivity contribution in [1.29, 1.82) is 0 Å². The van der Waals surface area contributed by atoms with Crippen molar-refractivity contribution in [2.45, 2.75) is 4.90 Å². The molecule has 0 atom stereocenters. The minimum atomic E-state index is -4.58. The van der Waals surface area contributed by atoms with Crippen LogP contribution in [-0.4, -0.2) is 24.0 Å². The molecular weight excluding hydrogens is 224 g/mol. The van der Waals surface area contributed by atoms with Crippen molar-refractivity contribution in [3.8, 4) is 0 Å². The summed E-state index contributed by atoms with van der Waals surface area (Å²) in [7, 11) is -4.58. The number of benzene rings is 1. The van der Waals surface area contributed by atoms with Crippen molar-refractivity contribution in [3.63, 3.8) is 0 Å². The van der Waals surface area contributed by atoms with Crippen molar-refractivity contribution in [1.82, 2.24) is 0 Å². The summed E-state index contributed by atoms with van der Waals surface area (Å²) in [5.41, 5.74) is 9.40. The molecule has 0 radical (unpaired) electrons. The standard InChI is InChI=1S/C7H8N2O5S/c8-3-1-4(7(10)11)6(9)5(2-3)15(12,13)14/h1-2H,8-9H2,(H,10,11)(H,12,13,14). The quantitative estimate of drug-likeness (QED) is 0.408. The van der Waals surface area contributed by atoms with Gasteiger partial charge in [-0.3, -0.25) is 4.55 Å². The third kappa shape index (κ3) is 2.17. The number of carbonyl (C=O) groups is 1. The highest BCUT2D eigenvalue weighted by molar-refractivity contribution is 7.86. The van der Waals surface area contributed by atoms with Gasteiger partial charge in [0.25, 0.3) is 10.1 Å². The summed E-state index contributed by atoms with van der Waals surface area (Å²) in [5.74, 6) is -1.43. The van der Waals surface area contributed by atoms with E-state index in [0.29, 0.717) is 0 Å². The van der Waals surface area contributed by atoms with Gasteiger partial charge in [0.2, 0.25) is 0 Å². The molecule has 0 aromatic heterocycles. The zero-order valence-corrected chi connectivity index (χ0v) is 8.15. The molecule has 1 aromatic carbocycles. The smallest absolute Gasteiger partial charge is 0.337 e. The van der Waals surface area contributed by atoms with Gasteiger partial charge in [-0.05, 0) is 12.1 Å². The van der Waals surface area contributed by atoms with Crippen molar-refractivity contribution in [2.75, 3.05) is 11.5 Å². The Morgan fingerprint density at radius 1 is 1.27 bits per heavy atom. The van der Waals surface area contributed by atoms with Crippen LogP contribution in [0.15, 0.2) is 17.0 Å². The van der Waals surface area contributed by atoms with Gasteiger partial charge in [-0.25, -0.2) is 4.79 Å². The van der Waals surface area contributed by atoms with Gasteiger partial charge >= 0.3 is 5.97 Å². The number of aromatic carboxylic acids is 1. The fraction of sp³-hybridized carbons (Fsp3) is 0. The van der Waals surface area contributed by atoms with Crippen LogP contribution in [0.4, 0.5) is 11.4 Å². The lowest BCUT2D eigenvalue weighted by molar-refractivity contribution is 0.0698. The number of rotatable bonds is 2. The minimum Gasteiger partial charge on any atom is -0.478 e. The average Bonchev–Trinajstić information content (AvgIpc) is 2.06. The van der Waals surface area contributed by atoms with Gasteiger partial charge in [0.05, 0.1) is 11.3 Å². The Hall–Kier alpha value is -1.80. The maximum Gasteiger partial charge on any atom is 0.337 e. The molecule has 0 heterocycles. The highest BCUT2D eigenvalue weighted by Gasteiger charge is 2.20. The van der Waals surface area contributed by atoms with Crippen LogP contribution in [0.5, 0.6) is 0 Å².